The van der Waals surface area contributed by atoms with Gasteiger partial charge in [-0.15, -0.1) is 6.42 Å². The highest BCUT2D eigenvalue weighted by Crippen LogP contribution is 2.22. The minimum Gasteiger partial charge on any atom is -0.268 e. The second-order valence-electron chi connectivity index (χ2n) is 2.48. The Morgan fingerprint density at radius 3 is 2.50 bits per heavy atom. The van der Waals surface area contributed by atoms with Crippen LogP contribution in [-0.4, -0.2) is 21.0 Å². The number of hydrogen-bond acceptors (Lipinski definition) is 2. The molecule has 0 aromatic carbocycles. The summed E-state index contributed by atoms with van der Waals surface area (Å²) in [5.74, 6) is 2.08. The normalized spacial score (nSPS) is 23.2. The lowest BCUT2D eigenvalue weighted by molar-refractivity contribution is -0.121. The van der Waals surface area contributed by atoms with Crippen molar-refractivity contribution in [2.75, 3.05) is 6.54 Å². The van der Waals surface area contributed by atoms with Crippen LogP contribution in [0.25, 0.3) is 0 Å². The minimum absolute atomic E-state index is 0.111. The van der Waals surface area contributed by atoms with E-state index in [0.29, 0.717) is 10.5 Å². The lowest BCUT2D eigenvalue weighted by atomic mass is 10.3. The van der Waals surface area contributed by atoms with E-state index in [1.165, 1.54) is 4.31 Å². The lowest BCUT2D eigenvalue weighted by Crippen LogP contribution is -2.27. The van der Waals surface area contributed by atoms with E-state index in [1.54, 1.807) is 13.8 Å². The van der Waals surface area contributed by atoms with Gasteiger partial charge in [0, 0.05) is 10.5 Å². The Kier molecular flexibility index (Phi) is 2.34. The van der Waals surface area contributed by atoms with Gasteiger partial charge in [-0.3, -0.25) is 4.79 Å². The molecule has 0 N–H and O–H groups in total. The Hall–Kier alpha value is -1.08. The minimum atomic E-state index is -1.34. The van der Waals surface area contributed by atoms with Crippen molar-refractivity contribution in [2.24, 2.45) is 0 Å². The molecule has 1 heterocycles. The van der Waals surface area contributed by atoms with Crippen molar-refractivity contribution in [1.82, 2.24) is 4.31 Å². The highest BCUT2D eigenvalue weighted by Gasteiger charge is 2.31. The molecular formula is C8H9NO2S. The van der Waals surface area contributed by atoms with E-state index in [9.17, 15) is 9.00 Å². The van der Waals surface area contributed by atoms with E-state index in [0.717, 1.165) is 0 Å². The Balaban J connectivity index is 2.97. The molecule has 4 heteroatoms. The maximum Gasteiger partial charge on any atom is 0.263 e. The first-order valence-electron chi connectivity index (χ1n) is 3.44. The summed E-state index contributed by atoms with van der Waals surface area (Å²) < 4.78 is 12.6. The number of carbonyl (C=O) groups is 1. The van der Waals surface area contributed by atoms with Gasteiger partial charge in [-0.05, 0) is 13.8 Å². The second kappa shape index (κ2) is 3.11. The number of hydrogen-bond donors (Lipinski definition) is 0. The number of nitrogens with zero attached hydrogens (tertiary/aromatic N) is 1. The van der Waals surface area contributed by atoms with E-state index in [4.69, 9.17) is 6.42 Å². The average Bonchev–Trinajstić information content (AvgIpc) is 2.23. The molecule has 0 bridgehead atoms. The fourth-order valence-electron chi connectivity index (χ4n) is 0.923. The van der Waals surface area contributed by atoms with E-state index in [1.807, 2.05) is 0 Å². The van der Waals surface area contributed by atoms with E-state index in [2.05, 4.69) is 5.92 Å². The molecule has 1 rings (SSSR count). The molecule has 0 fully saturated rings. The van der Waals surface area contributed by atoms with Gasteiger partial charge in [0.05, 0.1) is 6.54 Å². The van der Waals surface area contributed by atoms with Crippen molar-refractivity contribution >= 4 is 16.9 Å². The highest BCUT2D eigenvalue weighted by molar-refractivity contribution is 7.87. The zero-order valence-electron chi connectivity index (χ0n) is 6.96. The predicted octanol–water partition coefficient (Wildman–Crippen LogP) is 0.419. The van der Waals surface area contributed by atoms with Crippen LogP contribution >= 0.6 is 0 Å². The Morgan fingerprint density at radius 2 is 2.17 bits per heavy atom. The SMILES string of the molecule is C#CCN1C(=O)C(C)=C(C)S1=O. The molecule has 0 spiro atoms. The molecule has 0 radical (unpaired) electrons. The molecule has 0 saturated carbocycles. The zero-order chi connectivity index (χ0) is 9.30. The summed E-state index contributed by atoms with van der Waals surface area (Å²) in [6.07, 6.45) is 5.03. The third kappa shape index (κ3) is 1.16. The fraction of sp³-hybridized carbons (Fsp3) is 0.375. The van der Waals surface area contributed by atoms with Crippen molar-refractivity contribution in [3.8, 4) is 12.3 Å². The molecule has 1 unspecified atom stereocenters. The van der Waals surface area contributed by atoms with Crippen LogP contribution in [0.15, 0.2) is 10.5 Å². The molecule has 0 saturated heterocycles. The summed E-state index contributed by atoms with van der Waals surface area (Å²) in [6, 6.07) is 0. The fourth-order valence-corrected chi connectivity index (χ4v) is 2.08. The quantitative estimate of drug-likeness (QED) is 0.552. The summed E-state index contributed by atoms with van der Waals surface area (Å²) in [4.78, 5) is 11.9. The third-order valence-corrected chi connectivity index (χ3v) is 3.30. The molecule has 12 heavy (non-hydrogen) atoms. The monoisotopic (exact) mass is 183 g/mol. The van der Waals surface area contributed by atoms with Crippen LogP contribution in [0.5, 0.6) is 0 Å². The topological polar surface area (TPSA) is 37.4 Å². The van der Waals surface area contributed by atoms with Crippen molar-refractivity contribution in [3.05, 3.63) is 10.5 Å². The van der Waals surface area contributed by atoms with E-state index in [-0.39, 0.29) is 12.5 Å². The first kappa shape index (κ1) is 9.01. The summed E-state index contributed by atoms with van der Waals surface area (Å²) in [5.41, 5.74) is 0.545. The van der Waals surface area contributed by atoms with E-state index >= 15 is 0 Å². The molecule has 3 nitrogen and oxygen atoms in total. The average molecular weight is 183 g/mol. The Morgan fingerprint density at radius 1 is 1.58 bits per heavy atom. The van der Waals surface area contributed by atoms with Gasteiger partial charge in [0.15, 0.2) is 11.0 Å². The van der Waals surface area contributed by atoms with Crippen LogP contribution < -0.4 is 0 Å². The Labute approximate surface area is 74.0 Å². The number of amides is 1. The van der Waals surface area contributed by atoms with Crippen molar-refractivity contribution in [1.29, 1.82) is 0 Å². The smallest absolute Gasteiger partial charge is 0.263 e. The maximum absolute atomic E-state index is 11.4. The van der Waals surface area contributed by atoms with Gasteiger partial charge in [0.1, 0.15) is 0 Å². The number of terminal acetylenes is 1. The molecule has 64 valence electrons. The van der Waals surface area contributed by atoms with Gasteiger partial charge in [0.25, 0.3) is 5.91 Å². The number of allylic oxidation sites excluding steroid dienone is 1. The van der Waals surface area contributed by atoms with E-state index < -0.39 is 11.0 Å². The largest absolute Gasteiger partial charge is 0.268 e. The predicted molar refractivity (Wildman–Crippen MR) is 47.1 cm³/mol. The number of rotatable bonds is 1. The summed E-state index contributed by atoms with van der Waals surface area (Å²) >= 11 is 0. The first-order chi connectivity index (χ1) is 5.59. The molecule has 1 amide bonds. The molecular weight excluding hydrogens is 174 g/mol. The zero-order valence-corrected chi connectivity index (χ0v) is 7.77. The lowest BCUT2D eigenvalue weighted by Gasteiger charge is -2.09. The molecule has 0 aliphatic carbocycles. The van der Waals surface area contributed by atoms with Crippen LogP contribution in [-0.2, 0) is 15.8 Å². The molecule has 1 atom stereocenters. The van der Waals surface area contributed by atoms with Gasteiger partial charge in [-0.25, -0.2) is 8.51 Å². The molecule has 1 aliphatic heterocycles. The number of carbonyl (C=O) groups excluding carboxylic acids is 1. The third-order valence-electron chi connectivity index (χ3n) is 1.77. The highest BCUT2D eigenvalue weighted by atomic mass is 32.2. The molecule has 0 aromatic heterocycles. The van der Waals surface area contributed by atoms with Gasteiger partial charge in [-0.2, -0.15) is 0 Å². The summed E-state index contributed by atoms with van der Waals surface area (Å²) in [7, 11) is -1.34. The van der Waals surface area contributed by atoms with Gasteiger partial charge in [-0.1, -0.05) is 5.92 Å². The summed E-state index contributed by atoms with van der Waals surface area (Å²) in [6.45, 7) is 3.45. The summed E-state index contributed by atoms with van der Waals surface area (Å²) in [5, 5.41) is 0. The van der Waals surface area contributed by atoms with Crippen LogP contribution in [0.1, 0.15) is 13.8 Å². The molecule has 0 aromatic rings. The first-order valence-corrected chi connectivity index (χ1v) is 4.55. The van der Waals surface area contributed by atoms with Gasteiger partial charge >= 0.3 is 0 Å². The van der Waals surface area contributed by atoms with Crippen molar-refractivity contribution in [3.63, 3.8) is 0 Å². The van der Waals surface area contributed by atoms with Crippen LogP contribution in [0.3, 0.4) is 0 Å². The Bertz CT molecular complexity index is 300. The van der Waals surface area contributed by atoms with Crippen molar-refractivity contribution in [2.45, 2.75) is 13.8 Å². The van der Waals surface area contributed by atoms with Crippen LogP contribution in [0.2, 0.25) is 0 Å². The second-order valence-corrected chi connectivity index (χ2v) is 4.03. The van der Waals surface area contributed by atoms with Crippen molar-refractivity contribution < 1.29 is 9.00 Å². The van der Waals surface area contributed by atoms with Gasteiger partial charge in [0.2, 0.25) is 0 Å². The van der Waals surface area contributed by atoms with Gasteiger partial charge < -0.3 is 0 Å². The van der Waals surface area contributed by atoms with Crippen LogP contribution in [0.4, 0.5) is 0 Å². The maximum atomic E-state index is 11.4. The van der Waals surface area contributed by atoms with Crippen LogP contribution in [0, 0.1) is 12.3 Å². The standard InChI is InChI=1S/C8H9NO2S/c1-4-5-9-8(10)6(2)7(3)12(9)11/h1H,5H2,2-3H3. The molecule has 1 aliphatic rings.